The van der Waals surface area contributed by atoms with Crippen molar-refractivity contribution in [2.45, 2.75) is 18.6 Å². The summed E-state index contributed by atoms with van der Waals surface area (Å²) < 4.78 is 0. The molecule has 0 aromatic heterocycles. The first-order valence-corrected chi connectivity index (χ1v) is 6.42. The summed E-state index contributed by atoms with van der Waals surface area (Å²) in [7, 11) is 0. The van der Waals surface area contributed by atoms with E-state index in [9.17, 15) is 4.79 Å². The van der Waals surface area contributed by atoms with Crippen LogP contribution < -0.4 is 5.73 Å². The van der Waals surface area contributed by atoms with Gasteiger partial charge >= 0.3 is 0 Å². The molecule has 2 aromatic carbocycles. The Morgan fingerprint density at radius 2 is 1.53 bits per heavy atom. The van der Waals surface area contributed by atoms with Gasteiger partial charge < -0.3 is 10.6 Å². The van der Waals surface area contributed by atoms with Gasteiger partial charge in [-0.05, 0) is 11.1 Å². The van der Waals surface area contributed by atoms with E-state index in [-0.39, 0.29) is 11.9 Å². The van der Waals surface area contributed by atoms with Crippen LogP contribution in [-0.2, 0) is 11.3 Å². The average Bonchev–Trinajstić information content (AvgIpc) is 2.48. The van der Waals surface area contributed by atoms with E-state index in [1.165, 1.54) is 0 Å². The third-order valence-electron chi connectivity index (χ3n) is 3.58. The lowest BCUT2D eigenvalue weighted by atomic mass is 9.88. The quantitative estimate of drug-likeness (QED) is 0.850. The summed E-state index contributed by atoms with van der Waals surface area (Å²) in [5.74, 6) is 0.0257. The van der Waals surface area contributed by atoms with Gasteiger partial charge in [-0.15, -0.1) is 0 Å². The molecule has 1 fully saturated rings. The fourth-order valence-electron chi connectivity index (χ4n) is 2.57. The summed E-state index contributed by atoms with van der Waals surface area (Å²) in [5.41, 5.74) is 8.18. The minimum atomic E-state index is -0.411. The number of carbonyl (C=O) groups excluding carboxylic acids is 1. The molecule has 3 heteroatoms. The van der Waals surface area contributed by atoms with Crippen LogP contribution >= 0.6 is 0 Å². The number of nitrogens with zero attached hydrogens (tertiary/aromatic N) is 1. The van der Waals surface area contributed by atoms with Gasteiger partial charge in [-0.1, -0.05) is 60.7 Å². The monoisotopic (exact) mass is 252 g/mol. The van der Waals surface area contributed by atoms with Crippen molar-refractivity contribution < 1.29 is 4.79 Å². The average molecular weight is 252 g/mol. The maximum absolute atomic E-state index is 12.0. The van der Waals surface area contributed by atoms with E-state index >= 15 is 0 Å². The molecule has 0 bridgehead atoms. The molecule has 19 heavy (non-hydrogen) atoms. The van der Waals surface area contributed by atoms with E-state index in [4.69, 9.17) is 5.73 Å². The van der Waals surface area contributed by atoms with Crippen LogP contribution in [0.4, 0.5) is 0 Å². The minimum Gasteiger partial charge on any atom is -0.328 e. The van der Waals surface area contributed by atoms with Gasteiger partial charge in [-0.3, -0.25) is 4.79 Å². The van der Waals surface area contributed by atoms with Crippen LogP contribution in [0, 0.1) is 0 Å². The summed E-state index contributed by atoms with van der Waals surface area (Å²) in [4.78, 5) is 13.8. The standard InChI is InChI=1S/C16H16N2O/c17-14-15(13-9-5-2-6-10-13)18(16(14)19)11-12-7-3-1-4-8-12/h1-10,14-15H,11,17H2/t14-,15-/m1/s1. The van der Waals surface area contributed by atoms with E-state index in [0.29, 0.717) is 6.54 Å². The van der Waals surface area contributed by atoms with Gasteiger partial charge in [0.15, 0.2) is 0 Å². The van der Waals surface area contributed by atoms with Crippen molar-refractivity contribution in [1.82, 2.24) is 4.90 Å². The Morgan fingerprint density at radius 1 is 0.947 bits per heavy atom. The van der Waals surface area contributed by atoms with Gasteiger partial charge in [0, 0.05) is 6.54 Å². The highest BCUT2D eigenvalue weighted by Crippen LogP contribution is 2.34. The van der Waals surface area contributed by atoms with E-state index in [0.717, 1.165) is 11.1 Å². The Morgan fingerprint density at radius 3 is 2.16 bits per heavy atom. The summed E-state index contributed by atoms with van der Waals surface area (Å²) in [6, 6.07) is 19.5. The second-order valence-corrected chi connectivity index (χ2v) is 4.83. The molecule has 0 radical (unpaired) electrons. The van der Waals surface area contributed by atoms with Gasteiger partial charge in [0.05, 0.1) is 6.04 Å². The van der Waals surface area contributed by atoms with Crippen LogP contribution in [0.15, 0.2) is 60.7 Å². The number of hydrogen-bond donors (Lipinski definition) is 1. The third kappa shape index (κ3) is 2.13. The van der Waals surface area contributed by atoms with Crippen molar-refractivity contribution in [1.29, 1.82) is 0 Å². The molecule has 2 aromatic rings. The van der Waals surface area contributed by atoms with E-state index < -0.39 is 6.04 Å². The molecular formula is C16H16N2O. The van der Waals surface area contributed by atoms with Gasteiger partial charge in [-0.2, -0.15) is 0 Å². The lowest BCUT2D eigenvalue weighted by Crippen LogP contribution is -2.62. The zero-order valence-corrected chi connectivity index (χ0v) is 10.6. The summed E-state index contributed by atoms with van der Waals surface area (Å²) in [6.07, 6.45) is 0. The first kappa shape index (κ1) is 11.9. The lowest BCUT2D eigenvalue weighted by molar-refractivity contribution is -0.150. The molecule has 0 saturated carbocycles. The number of rotatable bonds is 3. The molecule has 1 aliphatic rings. The van der Waals surface area contributed by atoms with Crippen molar-refractivity contribution in [3.8, 4) is 0 Å². The first-order valence-electron chi connectivity index (χ1n) is 6.42. The minimum absolute atomic E-state index is 0.00564. The van der Waals surface area contributed by atoms with Crippen molar-refractivity contribution in [3.63, 3.8) is 0 Å². The van der Waals surface area contributed by atoms with Crippen LogP contribution in [-0.4, -0.2) is 16.8 Å². The number of nitrogens with two attached hydrogens (primary N) is 1. The van der Waals surface area contributed by atoms with E-state index in [2.05, 4.69) is 0 Å². The zero-order chi connectivity index (χ0) is 13.2. The molecule has 1 saturated heterocycles. The molecule has 1 amide bonds. The smallest absolute Gasteiger partial charge is 0.242 e. The number of carbonyl (C=O) groups is 1. The van der Waals surface area contributed by atoms with Gasteiger partial charge in [0.1, 0.15) is 6.04 Å². The fourth-order valence-corrected chi connectivity index (χ4v) is 2.57. The second kappa shape index (κ2) is 4.86. The molecule has 96 valence electrons. The Labute approximate surface area is 112 Å². The molecule has 1 heterocycles. The van der Waals surface area contributed by atoms with Gasteiger partial charge in [0.2, 0.25) is 5.91 Å². The highest BCUT2D eigenvalue weighted by molar-refractivity contribution is 5.89. The Bertz CT molecular complexity index is 568. The predicted molar refractivity (Wildman–Crippen MR) is 74.2 cm³/mol. The number of amides is 1. The normalized spacial score (nSPS) is 22.2. The summed E-state index contributed by atoms with van der Waals surface area (Å²) >= 11 is 0. The number of β-lactam (4-membered cyclic amide) rings is 1. The van der Waals surface area contributed by atoms with Crippen LogP contribution in [0.2, 0.25) is 0 Å². The lowest BCUT2D eigenvalue weighted by Gasteiger charge is -2.45. The Hall–Kier alpha value is -2.13. The van der Waals surface area contributed by atoms with Gasteiger partial charge in [0.25, 0.3) is 0 Å². The molecule has 2 atom stereocenters. The first-order chi connectivity index (χ1) is 9.27. The summed E-state index contributed by atoms with van der Waals surface area (Å²) in [6.45, 7) is 0.618. The van der Waals surface area contributed by atoms with Crippen molar-refractivity contribution in [2.24, 2.45) is 5.73 Å². The van der Waals surface area contributed by atoms with Gasteiger partial charge in [-0.25, -0.2) is 0 Å². The van der Waals surface area contributed by atoms with Crippen molar-refractivity contribution in [3.05, 3.63) is 71.8 Å². The van der Waals surface area contributed by atoms with Crippen LogP contribution in [0.5, 0.6) is 0 Å². The second-order valence-electron chi connectivity index (χ2n) is 4.83. The molecule has 3 nitrogen and oxygen atoms in total. The van der Waals surface area contributed by atoms with E-state index in [1.54, 1.807) is 0 Å². The molecule has 0 spiro atoms. The van der Waals surface area contributed by atoms with Crippen LogP contribution in [0.25, 0.3) is 0 Å². The van der Waals surface area contributed by atoms with E-state index in [1.807, 2.05) is 65.6 Å². The summed E-state index contributed by atoms with van der Waals surface area (Å²) in [5, 5.41) is 0. The maximum atomic E-state index is 12.0. The molecule has 3 rings (SSSR count). The topological polar surface area (TPSA) is 46.3 Å². The molecule has 1 aliphatic heterocycles. The third-order valence-corrected chi connectivity index (χ3v) is 3.58. The predicted octanol–water partition coefficient (Wildman–Crippen LogP) is 2.10. The molecule has 2 N–H and O–H groups in total. The highest BCUT2D eigenvalue weighted by atomic mass is 16.2. The van der Waals surface area contributed by atoms with Crippen LogP contribution in [0.1, 0.15) is 17.2 Å². The zero-order valence-electron chi connectivity index (χ0n) is 10.6. The highest BCUT2D eigenvalue weighted by Gasteiger charge is 2.45. The fraction of sp³-hybridized carbons (Fsp3) is 0.188. The SMILES string of the molecule is N[C@H]1C(=O)N(Cc2ccccc2)[C@@H]1c1ccccc1. The largest absolute Gasteiger partial charge is 0.328 e. The number of benzene rings is 2. The Kier molecular flexibility index (Phi) is 3.05. The Balaban J connectivity index is 1.82. The number of likely N-dealkylation sites (tertiary alicyclic amines) is 1. The number of hydrogen-bond acceptors (Lipinski definition) is 2. The molecule has 0 unspecified atom stereocenters. The maximum Gasteiger partial charge on any atom is 0.242 e. The van der Waals surface area contributed by atoms with Crippen molar-refractivity contribution in [2.75, 3.05) is 0 Å². The van der Waals surface area contributed by atoms with Crippen LogP contribution in [0.3, 0.4) is 0 Å². The van der Waals surface area contributed by atoms with Crippen molar-refractivity contribution >= 4 is 5.91 Å². The molecular weight excluding hydrogens is 236 g/mol. The molecule has 0 aliphatic carbocycles.